The van der Waals surface area contributed by atoms with Crippen LogP contribution in [0.25, 0.3) is 21.7 Å². The van der Waals surface area contributed by atoms with Crippen LogP contribution in [0.2, 0.25) is 0 Å². The van der Waals surface area contributed by atoms with Crippen molar-refractivity contribution in [3.8, 4) is 0 Å². The number of carbonyl (C=O) groups excluding carboxylic acids is 1. The van der Waals surface area contributed by atoms with Gasteiger partial charge in [-0.3, -0.25) is 20.9 Å². The number of carboxylic acids is 1. The molecular weight excluding hydrogens is 558 g/mol. The predicted molar refractivity (Wildman–Crippen MR) is 159 cm³/mol. The number of aromatic nitrogens is 1. The van der Waals surface area contributed by atoms with Gasteiger partial charge in [0.15, 0.2) is 0 Å². The van der Waals surface area contributed by atoms with Crippen LogP contribution in [0.3, 0.4) is 0 Å². The van der Waals surface area contributed by atoms with E-state index in [1.165, 1.54) is 42.6 Å². The highest BCUT2D eigenvalue weighted by Crippen LogP contribution is 2.38. The lowest BCUT2D eigenvalue weighted by atomic mass is 9.95. The zero-order valence-electron chi connectivity index (χ0n) is 22.0. The average molecular weight is 586 g/mol. The Morgan fingerprint density at radius 1 is 0.905 bits per heavy atom. The van der Waals surface area contributed by atoms with Gasteiger partial charge in [0.05, 0.1) is 10.4 Å². The van der Waals surface area contributed by atoms with Crippen LogP contribution < -0.4 is 16.8 Å². The number of rotatable bonds is 8. The van der Waals surface area contributed by atoms with E-state index in [9.17, 15) is 23.1 Å². The number of amidine groups is 1. The number of fused-ring (bicyclic) bond motifs is 2. The summed E-state index contributed by atoms with van der Waals surface area (Å²) in [6.07, 6.45) is 1.42. The number of carbonyl (C=O) groups is 2. The van der Waals surface area contributed by atoms with Crippen LogP contribution in [0.15, 0.2) is 102 Å². The summed E-state index contributed by atoms with van der Waals surface area (Å²) < 4.78 is 28.1. The first-order valence-electron chi connectivity index (χ1n) is 12.4. The quantitative estimate of drug-likeness (QED) is 0.134. The second-order valence-corrected chi connectivity index (χ2v) is 11.5. The van der Waals surface area contributed by atoms with Crippen molar-refractivity contribution in [3.05, 3.63) is 119 Å². The van der Waals surface area contributed by atoms with Crippen molar-refractivity contribution in [2.75, 3.05) is 0 Å². The highest BCUT2D eigenvalue weighted by atomic mass is 32.2. The topological polar surface area (TPSA) is 221 Å². The van der Waals surface area contributed by atoms with Gasteiger partial charge < -0.3 is 21.6 Å². The molecule has 1 aromatic heterocycles. The summed E-state index contributed by atoms with van der Waals surface area (Å²) in [5.74, 6) is -2.30. The van der Waals surface area contributed by atoms with Gasteiger partial charge in [-0.05, 0) is 34.5 Å². The Bertz CT molecular complexity index is 1960. The number of nitrogens with two attached hydrogens (primary N) is 2. The zero-order valence-corrected chi connectivity index (χ0v) is 22.9. The molecule has 0 aliphatic carbocycles. The molecule has 0 saturated heterocycles. The lowest BCUT2D eigenvalue weighted by Crippen LogP contribution is -2.51. The molecule has 0 aliphatic rings. The maximum atomic E-state index is 14.1. The third-order valence-electron chi connectivity index (χ3n) is 6.91. The number of para-hydroxylation sites is 1. The fourth-order valence-electron chi connectivity index (χ4n) is 4.75. The van der Waals surface area contributed by atoms with E-state index in [1.54, 1.807) is 54.6 Å². The number of carboxylic acid groups (broad SMARTS) is 1. The molecular formula is C30H27N5O6S. The molecule has 1 heterocycles. The molecule has 0 aliphatic heterocycles. The Morgan fingerprint density at radius 3 is 2.24 bits per heavy atom. The predicted octanol–water partition coefficient (Wildman–Crippen LogP) is 2.45. The van der Waals surface area contributed by atoms with Gasteiger partial charge in [0.1, 0.15) is 5.84 Å². The second kappa shape index (κ2) is 11.4. The first-order chi connectivity index (χ1) is 19.6. The summed E-state index contributed by atoms with van der Waals surface area (Å²) in [5, 5.41) is 21.7. The molecule has 42 heavy (non-hydrogen) atoms. The Hall–Kier alpha value is -5.17. The fourth-order valence-corrected chi connectivity index (χ4v) is 6.48. The SMILES string of the molecule is N=C(N)c1ccc(CNC(=O)c2cccc3c(C(N)(C(=O)O)S(=O)(=O)c4cccc5cccnc45)cccc23)cc1.O. The smallest absolute Gasteiger partial charge is 0.344 e. The van der Waals surface area contributed by atoms with Crippen molar-refractivity contribution < 1.29 is 28.6 Å². The molecule has 0 radical (unpaired) electrons. The number of hydrogen-bond acceptors (Lipinski definition) is 7. The molecule has 5 rings (SSSR count). The van der Waals surface area contributed by atoms with Crippen LogP contribution >= 0.6 is 0 Å². The van der Waals surface area contributed by atoms with Crippen molar-refractivity contribution in [2.45, 2.75) is 16.3 Å². The summed E-state index contributed by atoms with van der Waals surface area (Å²) in [7, 11) is -4.77. The van der Waals surface area contributed by atoms with Gasteiger partial charge in [-0.2, -0.15) is 0 Å². The molecule has 0 bridgehead atoms. The van der Waals surface area contributed by atoms with Crippen molar-refractivity contribution >= 4 is 49.2 Å². The van der Waals surface area contributed by atoms with Crippen LogP contribution in [0.5, 0.6) is 0 Å². The first kappa shape index (κ1) is 29.8. The fraction of sp³-hybridized carbons (Fsp3) is 0.0667. The average Bonchev–Trinajstić information content (AvgIpc) is 2.98. The number of benzene rings is 4. The van der Waals surface area contributed by atoms with Crippen LogP contribution in [-0.2, 0) is 26.0 Å². The zero-order chi connectivity index (χ0) is 29.4. The number of amides is 1. The Labute approximate surface area is 240 Å². The van der Waals surface area contributed by atoms with Gasteiger partial charge in [0.25, 0.3) is 5.91 Å². The lowest BCUT2D eigenvalue weighted by molar-refractivity contribution is -0.140. The highest BCUT2D eigenvalue weighted by Gasteiger charge is 2.51. The van der Waals surface area contributed by atoms with Crippen molar-refractivity contribution in [3.63, 3.8) is 0 Å². The monoisotopic (exact) mass is 585 g/mol. The van der Waals surface area contributed by atoms with Crippen molar-refractivity contribution in [2.24, 2.45) is 11.5 Å². The third kappa shape index (κ3) is 4.94. The normalized spacial score (nSPS) is 12.7. The van der Waals surface area contributed by atoms with Gasteiger partial charge in [-0.25, -0.2) is 13.2 Å². The summed E-state index contributed by atoms with van der Waals surface area (Å²) in [6.45, 7) is 0.172. The van der Waals surface area contributed by atoms with Crippen molar-refractivity contribution in [1.29, 1.82) is 5.41 Å². The Kier molecular flexibility index (Phi) is 8.07. The molecule has 0 fully saturated rings. The number of nitrogens with one attached hydrogen (secondary N) is 2. The molecule has 1 atom stereocenters. The summed E-state index contributed by atoms with van der Waals surface area (Å²) in [6, 6.07) is 23.6. The first-order valence-corrected chi connectivity index (χ1v) is 13.9. The minimum absolute atomic E-state index is 0. The molecule has 4 aromatic carbocycles. The van der Waals surface area contributed by atoms with Crippen LogP contribution in [0.1, 0.15) is 27.0 Å². The van der Waals surface area contributed by atoms with Crippen LogP contribution in [0, 0.1) is 5.41 Å². The number of pyridine rings is 1. The molecule has 9 N–H and O–H groups in total. The summed E-state index contributed by atoms with van der Waals surface area (Å²) in [5.41, 5.74) is 13.3. The van der Waals surface area contributed by atoms with Gasteiger partial charge in [0, 0.05) is 34.8 Å². The van der Waals surface area contributed by atoms with Crippen LogP contribution in [-0.4, -0.2) is 41.7 Å². The Morgan fingerprint density at radius 2 is 1.55 bits per heavy atom. The van der Waals surface area contributed by atoms with E-state index in [-0.39, 0.29) is 44.8 Å². The Balaban J connectivity index is 0.00000405. The molecule has 12 heteroatoms. The standard InChI is InChI=1S/C30H25N5O5S.H2O/c31-27(32)20-14-12-18(13-15-20)17-35-28(36)23-9-2-8-22-21(23)7-3-10-24(22)30(33,29(37)38)41(39,40)25-11-1-5-19-6-4-16-34-26(19)25;/h1-16H,17,33H2,(H3,31,32)(H,35,36)(H,37,38);1H2. The minimum atomic E-state index is -4.77. The van der Waals surface area contributed by atoms with Gasteiger partial charge in [-0.15, -0.1) is 0 Å². The molecule has 1 amide bonds. The van der Waals surface area contributed by atoms with E-state index < -0.39 is 26.6 Å². The number of nitrogen functional groups attached to an aromatic ring is 1. The maximum absolute atomic E-state index is 14.1. The van der Waals surface area contributed by atoms with E-state index >= 15 is 0 Å². The maximum Gasteiger partial charge on any atom is 0.344 e. The van der Waals surface area contributed by atoms with E-state index in [0.29, 0.717) is 16.3 Å². The van der Waals surface area contributed by atoms with Gasteiger partial charge in [0.2, 0.25) is 14.7 Å². The molecule has 5 aromatic rings. The molecule has 1 unspecified atom stereocenters. The lowest BCUT2D eigenvalue weighted by Gasteiger charge is -2.27. The highest BCUT2D eigenvalue weighted by molar-refractivity contribution is 7.93. The van der Waals surface area contributed by atoms with Crippen molar-refractivity contribution in [1.82, 2.24) is 10.3 Å². The van der Waals surface area contributed by atoms with E-state index in [4.69, 9.17) is 16.9 Å². The summed E-state index contributed by atoms with van der Waals surface area (Å²) >= 11 is 0. The summed E-state index contributed by atoms with van der Waals surface area (Å²) in [4.78, 5) is 26.9. The van der Waals surface area contributed by atoms with E-state index in [1.807, 2.05) is 0 Å². The van der Waals surface area contributed by atoms with E-state index in [0.717, 1.165) is 5.56 Å². The third-order valence-corrected chi connectivity index (χ3v) is 9.06. The van der Waals surface area contributed by atoms with Crippen LogP contribution in [0.4, 0.5) is 0 Å². The molecule has 0 spiro atoms. The number of nitrogens with zero attached hydrogens (tertiary/aromatic N) is 1. The van der Waals surface area contributed by atoms with Gasteiger partial charge in [-0.1, -0.05) is 72.8 Å². The number of aliphatic carboxylic acids is 1. The molecule has 214 valence electrons. The minimum Gasteiger partial charge on any atom is -0.479 e. The largest absolute Gasteiger partial charge is 0.479 e. The second-order valence-electron chi connectivity index (χ2n) is 9.38. The van der Waals surface area contributed by atoms with Gasteiger partial charge >= 0.3 is 5.97 Å². The van der Waals surface area contributed by atoms with E-state index in [2.05, 4.69) is 10.3 Å². The molecule has 11 nitrogen and oxygen atoms in total. The number of sulfone groups is 1. The number of hydrogen-bond donors (Lipinski definition) is 5. The molecule has 0 saturated carbocycles.